The average molecular weight is 281 g/mol. The van der Waals surface area contributed by atoms with Crippen LogP contribution in [0, 0.1) is 0 Å². The second-order valence-electron chi connectivity index (χ2n) is 7.28. The number of aliphatic hydroxyl groups is 1. The largest absolute Gasteiger partial charge is 0.394 e. The summed E-state index contributed by atoms with van der Waals surface area (Å²) >= 11 is 0. The van der Waals surface area contributed by atoms with Crippen molar-refractivity contribution in [3.8, 4) is 0 Å². The molecule has 0 amide bonds. The van der Waals surface area contributed by atoms with E-state index in [2.05, 4.69) is 9.80 Å². The Morgan fingerprint density at radius 2 is 1.55 bits per heavy atom. The maximum absolute atomic E-state index is 9.40. The molecule has 0 bridgehead atoms. The van der Waals surface area contributed by atoms with Crippen LogP contribution >= 0.6 is 0 Å². The van der Waals surface area contributed by atoms with Gasteiger partial charge in [-0.2, -0.15) is 0 Å². The smallest absolute Gasteiger partial charge is 0.0611 e. The third-order valence-electron chi connectivity index (χ3n) is 5.86. The van der Waals surface area contributed by atoms with Crippen molar-refractivity contribution in [3.05, 3.63) is 0 Å². The molecule has 2 aliphatic heterocycles. The molecule has 2 saturated heterocycles. The number of hydrogen-bond donors (Lipinski definition) is 2. The van der Waals surface area contributed by atoms with Crippen molar-refractivity contribution >= 4 is 0 Å². The predicted octanol–water partition coefficient (Wildman–Crippen LogP) is 1.18. The molecule has 116 valence electrons. The van der Waals surface area contributed by atoms with E-state index in [4.69, 9.17) is 5.73 Å². The molecule has 3 rings (SSSR count). The molecule has 0 aromatic rings. The van der Waals surface area contributed by atoms with Crippen LogP contribution in [0.25, 0.3) is 0 Å². The first-order chi connectivity index (χ1) is 9.70. The lowest BCUT2D eigenvalue weighted by Gasteiger charge is -2.42. The molecule has 0 aromatic carbocycles. The summed E-state index contributed by atoms with van der Waals surface area (Å²) in [6, 6.07) is 1.45. The first-order valence-corrected chi connectivity index (χ1v) is 8.58. The zero-order chi connectivity index (χ0) is 14.0. The van der Waals surface area contributed by atoms with Crippen LogP contribution in [0.15, 0.2) is 0 Å². The van der Waals surface area contributed by atoms with Gasteiger partial charge in [-0.3, -0.25) is 0 Å². The molecule has 2 heterocycles. The lowest BCUT2D eigenvalue weighted by atomic mass is 9.97. The standard InChI is InChI=1S/C16H31N3O/c17-16(13-20)7-4-15(12-16)19-10-5-14(6-11-19)18-8-2-1-3-9-18/h14-15,20H,1-13,17H2. The van der Waals surface area contributed by atoms with Crippen LogP contribution < -0.4 is 5.73 Å². The minimum absolute atomic E-state index is 0.147. The van der Waals surface area contributed by atoms with Gasteiger partial charge >= 0.3 is 0 Å². The molecule has 2 unspecified atom stereocenters. The molecule has 3 fully saturated rings. The van der Waals surface area contributed by atoms with Gasteiger partial charge in [-0.05, 0) is 71.1 Å². The van der Waals surface area contributed by atoms with Gasteiger partial charge in [-0.25, -0.2) is 0 Å². The minimum atomic E-state index is -0.297. The molecular formula is C16H31N3O. The molecule has 0 radical (unpaired) electrons. The van der Waals surface area contributed by atoms with E-state index in [1.165, 1.54) is 64.7 Å². The van der Waals surface area contributed by atoms with Crippen molar-refractivity contribution in [2.75, 3.05) is 32.8 Å². The van der Waals surface area contributed by atoms with Gasteiger partial charge in [-0.15, -0.1) is 0 Å². The van der Waals surface area contributed by atoms with Crippen LogP contribution in [0.5, 0.6) is 0 Å². The fourth-order valence-electron chi connectivity index (χ4n) is 4.48. The molecular weight excluding hydrogens is 250 g/mol. The van der Waals surface area contributed by atoms with Crippen molar-refractivity contribution in [1.29, 1.82) is 0 Å². The second kappa shape index (κ2) is 6.30. The fraction of sp³-hybridized carbons (Fsp3) is 1.00. The van der Waals surface area contributed by atoms with Crippen molar-refractivity contribution in [2.45, 2.75) is 69.0 Å². The number of nitrogens with two attached hydrogens (primary N) is 1. The Morgan fingerprint density at radius 1 is 0.900 bits per heavy atom. The van der Waals surface area contributed by atoms with E-state index in [0.29, 0.717) is 6.04 Å². The summed E-state index contributed by atoms with van der Waals surface area (Å²) in [5.74, 6) is 0. The number of likely N-dealkylation sites (tertiary alicyclic amines) is 2. The average Bonchev–Trinajstić information content (AvgIpc) is 2.92. The van der Waals surface area contributed by atoms with Crippen molar-refractivity contribution < 1.29 is 5.11 Å². The Labute approximate surface area is 123 Å². The quantitative estimate of drug-likeness (QED) is 0.815. The zero-order valence-electron chi connectivity index (χ0n) is 12.8. The second-order valence-corrected chi connectivity index (χ2v) is 7.28. The molecule has 0 spiro atoms. The van der Waals surface area contributed by atoms with Crippen molar-refractivity contribution in [3.63, 3.8) is 0 Å². The van der Waals surface area contributed by atoms with Gasteiger partial charge in [-0.1, -0.05) is 6.42 Å². The van der Waals surface area contributed by atoms with Crippen molar-refractivity contribution in [1.82, 2.24) is 9.80 Å². The minimum Gasteiger partial charge on any atom is -0.394 e. The van der Waals surface area contributed by atoms with Gasteiger partial charge < -0.3 is 20.6 Å². The van der Waals surface area contributed by atoms with Crippen LogP contribution in [-0.4, -0.2) is 65.3 Å². The van der Waals surface area contributed by atoms with E-state index in [9.17, 15) is 5.11 Å². The normalized spacial score (nSPS) is 38.4. The van der Waals surface area contributed by atoms with E-state index in [-0.39, 0.29) is 12.1 Å². The molecule has 0 aromatic heterocycles. The van der Waals surface area contributed by atoms with Crippen LogP contribution in [0.2, 0.25) is 0 Å². The topological polar surface area (TPSA) is 52.7 Å². The first-order valence-electron chi connectivity index (χ1n) is 8.58. The number of aliphatic hydroxyl groups excluding tert-OH is 1. The number of piperidine rings is 2. The third kappa shape index (κ3) is 3.19. The summed E-state index contributed by atoms with van der Waals surface area (Å²) in [5.41, 5.74) is 5.92. The molecule has 3 N–H and O–H groups in total. The predicted molar refractivity (Wildman–Crippen MR) is 81.7 cm³/mol. The summed E-state index contributed by atoms with van der Waals surface area (Å²) in [6.07, 6.45) is 10.0. The lowest BCUT2D eigenvalue weighted by Crippen LogP contribution is -2.50. The monoisotopic (exact) mass is 281 g/mol. The van der Waals surface area contributed by atoms with Gasteiger partial charge in [0.05, 0.1) is 6.61 Å². The highest BCUT2D eigenvalue weighted by atomic mass is 16.3. The van der Waals surface area contributed by atoms with Crippen LogP contribution in [0.3, 0.4) is 0 Å². The molecule has 4 nitrogen and oxygen atoms in total. The van der Waals surface area contributed by atoms with Gasteiger partial charge in [0, 0.05) is 17.6 Å². The van der Waals surface area contributed by atoms with E-state index in [1.807, 2.05) is 0 Å². The summed E-state index contributed by atoms with van der Waals surface area (Å²) in [7, 11) is 0. The van der Waals surface area contributed by atoms with E-state index >= 15 is 0 Å². The molecule has 1 saturated carbocycles. The van der Waals surface area contributed by atoms with Gasteiger partial charge in [0.15, 0.2) is 0 Å². The molecule has 20 heavy (non-hydrogen) atoms. The lowest BCUT2D eigenvalue weighted by molar-refractivity contribution is 0.0703. The fourth-order valence-corrected chi connectivity index (χ4v) is 4.48. The molecule has 3 aliphatic rings. The summed E-state index contributed by atoms with van der Waals surface area (Å²) in [5, 5.41) is 9.40. The zero-order valence-corrected chi connectivity index (χ0v) is 12.8. The summed E-state index contributed by atoms with van der Waals surface area (Å²) in [6.45, 7) is 5.25. The number of hydrogen-bond acceptors (Lipinski definition) is 4. The Bertz CT molecular complexity index is 311. The Kier molecular flexibility index (Phi) is 4.65. The van der Waals surface area contributed by atoms with Crippen LogP contribution in [-0.2, 0) is 0 Å². The molecule has 2 atom stereocenters. The highest BCUT2D eigenvalue weighted by Crippen LogP contribution is 2.33. The van der Waals surface area contributed by atoms with Gasteiger partial charge in [0.2, 0.25) is 0 Å². The summed E-state index contributed by atoms with van der Waals surface area (Å²) in [4.78, 5) is 5.38. The highest BCUT2D eigenvalue weighted by molar-refractivity contribution is 4.98. The van der Waals surface area contributed by atoms with E-state index in [1.54, 1.807) is 0 Å². The van der Waals surface area contributed by atoms with Crippen LogP contribution in [0.1, 0.15) is 51.4 Å². The van der Waals surface area contributed by atoms with Gasteiger partial charge in [0.25, 0.3) is 0 Å². The molecule has 4 heteroatoms. The highest BCUT2D eigenvalue weighted by Gasteiger charge is 2.39. The summed E-state index contributed by atoms with van der Waals surface area (Å²) < 4.78 is 0. The van der Waals surface area contributed by atoms with Crippen molar-refractivity contribution in [2.24, 2.45) is 5.73 Å². The number of rotatable bonds is 3. The Hall–Kier alpha value is -0.160. The Balaban J connectivity index is 1.46. The number of nitrogens with zero attached hydrogens (tertiary/aromatic N) is 2. The Morgan fingerprint density at radius 3 is 2.15 bits per heavy atom. The van der Waals surface area contributed by atoms with Crippen LogP contribution in [0.4, 0.5) is 0 Å². The SMILES string of the molecule is NC1(CO)CCC(N2CCC(N3CCCCC3)CC2)C1. The van der Waals surface area contributed by atoms with E-state index < -0.39 is 0 Å². The first kappa shape index (κ1) is 14.8. The molecule has 1 aliphatic carbocycles. The van der Waals surface area contributed by atoms with Gasteiger partial charge in [0.1, 0.15) is 0 Å². The third-order valence-corrected chi connectivity index (χ3v) is 5.86. The van der Waals surface area contributed by atoms with E-state index in [0.717, 1.165) is 18.9 Å². The maximum atomic E-state index is 9.40. The maximum Gasteiger partial charge on any atom is 0.0611 e.